The highest BCUT2D eigenvalue weighted by Crippen LogP contribution is 2.36. The summed E-state index contributed by atoms with van der Waals surface area (Å²) in [6, 6.07) is 4.58. The Morgan fingerprint density at radius 2 is 1.82 bits per heavy atom. The van der Waals surface area contributed by atoms with Gasteiger partial charge in [0.2, 0.25) is 0 Å². The van der Waals surface area contributed by atoms with E-state index in [0.717, 1.165) is 42.5 Å². The number of primary amides is 1. The molecule has 2 aromatic rings. The second kappa shape index (κ2) is 9.22. The van der Waals surface area contributed by atoms with Gasteiger partial charge in [-0.25, -0.2) is 0 Å². The van der Waals surface area contributed by atoms with E-state index in [9.17, 15) is 9.59 Å². The van der Waals surface area contributed by atoms with Gasteiger partial charge in [0.05, 0.1) is 16.1 Å². The Morgan fingerprint density at radius 3 is 2.50 bits per heavy atom. The van der Waals surface area contributed by atoms with Crippen LogP contribution >= 0.6 is 46.8 Å². The summed E-state index contributed by atoms with van der Waals surface area (Å²) in [7, 11) is 0. The fourth-order valence-electron chi connectivity index (χ4n) is 3.25. The molecular weight excluding hydrogens is 437 g/mol. The summed E-state index contributed by atoms with van der Waals surface area (Å²) in [5.41, 5.74) is 7.38. The number of fused-ring (bicyclic) bond motifs is 1. The molecule has 2 amide bonds. The number of nitrogens with two attached hydrogens (primary N) is 1. The first-order valence-corrected chi connectivity index (χ1v) is 10.9. The number of amides is 2. The first-order valence-electron chi connectivity index (χ1n) is 8.88. The number of anilines is 1. The Hall–Kier alpha value is -1.67. The third-order valence-electron chi connectivity index (χ3n) is 4.55. The molecule has 0 fully saturated rings. The molecule has 1 aliphatic rings. The zero-order valence-electron chi connectivity index (χ0n) is 14.9. The van der Waals surface area contributed by atoms with Crippen LogP contribution in [0.15, 0.2) is 18.2 Å². The van der Waals surface area contributed by atoms with E-state index in [0.29, 0.717) is 15.6 Å². The third kappa shape index (κ3) is 4.84. The lowest BCUT2D eigenvalue weighted by Gasteiger charge is -2.11. The Morgan fingerprint density at radius 1 is 1.11 bits per heavy atom. The Kier molecular flexibility index (Phi) is 6.93. The highest BCUT2D eigenvalue weighted by atomic mass is 35.5. The molecule has 4 N–H and O–H groups in total. The molecule has 5 nitrogen and oxygen atoms in total. The molecule has 0 spiro atoms. The van der Waals surface area contributed by atoms with Gasteiger partial charge in [0.1, 0.15) is 5.00 Å². The van der Waals surface area contributed by atoms with Crippen LogP contribution in [0.4, 0.5) is 5.00 Å². The molecule has 0 unspecified atom stereocenters. The minimum atomic E-state index is -0.490. The van der Waals surface area contributed by atoms with Crippen LogP contribution in [-0.4, -0.2) is 16.9 Å². The minimum absolute atomic E-state index is 0.0766. The molecule has 9 heteroatoms. The van der Waals surface area contributed by atoms with E-state index >= 15 is 0 Å². The lowest BCUT2D eigenvalue weighted by atomic mass is 9.96. The summed E-state index contributed by atoms with van der Waals surface area (Å²) in [6.07, 6.45) is 6.18. The quantitative estimate of drug-likeness (QED) is 0.572. The Bertz CT molecular complexity index is 944. The topological polar surface area (TPSA) is 84.2 Å². The lowest BCUT2D eigenvalue weighted by molar-refractivity contribution is 0.0975. The molecule has 1 heterocycles. The van der Waals surface area contributed by atoms with Gasteiger partial charge in [0, 0.05) is 9.90 Å². The van der Waals surface area contributed by atoms with Crippen molar-refractivity contribution in [2.75, 3.05) is 5.32 Å². The zero-order valence-corrected chi connectivity index (χ0v) is 18.1. The van der Waals surface area contributed by atoms with Crippen molar-refractivity contribution in [3.63, 3.8) is 0 Å². The monoisotopic (exact) mass is 455 g/mol. The van der Waals surface area contributed by atoms with E-state index in [2.05, 4.69) is 10.6 Å². The molecule has 0 saturated heterocycles. The first-order chi connectivity index (χ1) is 13.4. The molecule has 0 radical (unpaired) electrons. The summed E-state index contributed by atoms with van der Waals surface area (Å²) in [4.78, 5) is 25.7. The number of carbonyl (C=O) groups is 2. The number of carbonyl (C=O) groups excluding carboxylic acids is 2. The van der Waals surface area contributed by atoms with Gasteiger partial charge in [0.25, 0.3) is 11.8 Å². The van der Waals surface area contributed by atoms with Crippen molar-refractivity contribution in [3.05, 3.63) is 49.8 Å². The summed E-state index contributed by atoms with van der Waals surface area (Å²) >= 11 is 18.7. The van der Waals surface area contributed by atoms with Crippen LogP contribution in [0.25, 0.3) is 0 Å². The Balaban J connectivity index is 1.79. The average Bonchev–Trinajstić information content (AvgIpc) is 2.91. The Labute approximate surface area is 182 Å². The van der Waals surface area contributed by atoms with Crippen LogP contribution in [0, 0.1) is 0 Å². The number of benzene rings is 1. The van der Waals surface area contributed by atoms with Crippen LogP contribution in [0.3, 0.4) is 0 Å². The SMILES string of the molecule is NC(=O)c1c(NC(=S)NC(=O)c2ccc(Cl)cc2Cl)sc2c1CCCCCC2. The van der Waals surface area contributed by atoms with Gasteiger partial charge in [-0.15, -0.1) is 11.3 Å². The number of thiophene rings is 1. The van der Waals surface area contributed by atoms with E-state index in [1.807, 2.05) is 0 Å². The van der Waals surface area contributed by atoms with Gasteiger partial charge in [-0.1, -0.05) is 36.0 Å². The normalized spacial score (nSPS) is 13.8. The van der Waals surface area contributed by atoms with Crippen molar-refractivity contribution in [2.24, 2.45) is 5.73 Å². The van der Waals surface area contributed by atoms with Gasteiger partial charge in [-0.05, 0) is 61.7 Å². The molecule has 0 bridgehead atoms. The zero-order chi connectivity index (χ0) is 20.3. The van der Waals surface area contributed by atoms with Gasteiger partial charge < -0.3 is 11.1 Å². The van der Waals surface area contributed by atoms with Crippen molar-refractivity contribution in [1.29, 1.82) is 0 Å². The summed E-state index contributed by atoms with van der Waals surface area (Å²) in [6.45, 7) is 0. The molecular formula is C19H19Cl2N3O2S2. The summed E-state index contributed by atoms with van der Waals surface area (Å²) < 4.78 is 0. The van der Waals surface area contributed by atoms with E-state index in [-0.39, 0.29) is 15.7 Å². The number of aryl methyl sites for hydroxylation is 1. The number of halogens is 2. The van der Waals surface area contributed by atoms with Crippen molar-refractivity contribution >= 4 is 68.7 Å². The van der Waals surface area contributed by atoms with Crippen molar-refractivity contribution in [3.8, 4) is 0 Å². The van der Waals surface area contributed by atoms with Crippen molar-refractivity contribution < 1.29 is 9.59 Å². The number of thiocarbonyl (C=S) groups is 1. The minimum Gasteiger partial charge on any atom is -0.365 e. The number of rotatable bonds is 3. The second-order valence-corrected chi connectivity index (χ2v) is 8.88. The molecule has 1 aromatic carbocycles. The molecule has 28 heavy (non-hydrogen) atoms. The van der Waals surface area contributed by atoms with Gasteiger partial charge >= 0.3 is 0 Å². The smallest absolute Gasteiger partial charge is 0.258 e. The predicted molar refractivity (Wildman–Crippen MR) is 119 cm³/mol. The summed E-state index contributed by atoms with van der Waals surface area (Å²) in [5.74, 6) is -0.954. The fraction of sp³-hybridized carbons (Fsp3) is 0.316. The maximum atomic E-state index is 12.4. The van der Waals surface area contributed by atoms with Crippen LogP contribution in [0.2, 0.25) is 10.0 Å². The predicted octanol–water partition coefficient (Wildman–Crippen LogP) is 4.94. The highest BCUT2D eigenvalue weighted by Gasteiger charge is 2.23. The maximum absolute atomic E-state index is 12.4. The van der Waals surface area contributed by atoms with E-state index < -0.39 is 11.8 Å². The number of hydrogen-bond acceptors (Lipinski definition) is 4. The van der Waals surface area contributed by atoms with Crippen LogP contribution < -0.4 is 16.4 Å². The first kappa shape index (κ1) is 21.0. The summed E-state index contributed by atoms with van der Waals surface area (Å²) in [5, 5.41) is 6.87. The second-order valence-electron chi connectivity index (χ2n) is 6.52. The third-order valence-corrected chi connectivity index (χ3v) is 6.51. The number of hydrogen-bond donors (Lipinski definition) is 3. The van der Waals surface area contributed by atoms with Gasteiger partial charge in [-0.3, -0.25) is 14.9 Å². The van der Waals surface area contributed by atoms with Crippen molar-refractivity contribution in [2.45, 2.75) is 38.5 Å². The average molecular weight is 456 g/mol. The highest BCUT2D eigenvalue weighted by molar-refractivity contribution is 7.80. The van der Waals surface area contributed by atoms with Crippen LogP contribution in [-0.2, 0) is 12.8 Å². The van der Waals surface area contributed by atoms with Crippen LogP contribution in [0.1, 0.15) is 56.8 Å². The lowest BCUT2D eigenvalue weighted by Crippen LogP contribution is -2.34. The molecule has 3 rings (SSSR count). The maximum Gasteiger partial charge on any atom is 0.258 e. The number of nitrogens with one attached hydrogen (secondary N) is 2. The molecule has 148 valence electrons. The van der Waals surface area contributed by atoms with Crippen molar-refractivity contribution in [1.82, 2.24) is 5.32 Å². The molecule has 1 aromatic heterocycles. The van der Waals surface area contributed by atoms with Crippen LogP contribution in [0.5, 0.6) is 0 Å². The fourth-order valence-corrected chi connectivity index (χ4v) is 5.30. The molecule has 0 saturated carbocycles. The van der Waals surface area contributed by atoms with E-state index in [1.165, 1.54) is 29.9 Å². The van der Waals surface area contributed by atoms with E-state index in [1.54, 1.807) is 6.07 Å². The van der Waals surface area contributed by atoms with Gasteiger partial charge in [-0.2, -0.15) is 0 Å². The standard InChI is InChI=1S/C19H19Cl2N3O2S2/c20-10-7-8-11(13(21)9-10)17(26)23-19(27)24-18-15(16(22)25)12-5-3-1-2-4-6-14(12)28-18/h7-9H,1-6H2,(H2,22,25)(H2,23,24,26,27). The largest absolute Gasteiger partial charge is 0.365 e. The van der Waals surface area contributed by atoms with E-state index in [4.69, 9.17) is 41.2 Å². The molecule has 1 aliphatic carbocycles. The molecule has 0 aliphatic heterocycles. The molecule has 0 atom stereocenters. The van der Waals surface area contributed by atoms with Gasteiger partial charge in [0.15, 0.2) is 5.11 Å².